The van der Waals surface area contributed by atoms with Crippen molar-refractivity contribution in [3.63, 3.8) is 0 Å². The number of benzene rings is 2. The Kier molecular flexibility index (Phi) is 3.03. The normalized spacial score (nSPS) is 10.8. The van der Waals surface area contributed by atoms with Crippen molar-refractivity contribution in [1.29, 1.82) is 0 Å². The van der Waals surface area contributed by atoms with Crippen LogP contribution in [0.2, 0.25) is 0 Å². The topological polar surface area (TPSA) is 48.0 Å². The molecule has 0 saturated heterocycles. The minimum atomic E-state index is 0.652. The summed E-state index contributed by atoms with van der Waals surface area (Å²) in [5.74, 6) is 0. The van der Waals surface area contributed by atoms with Crippen LogP contribution < -0.4 is 5.73 Å². The van der Waals surface area contributed by atoms with E-state index >= 15 is 0 Å². The molecule has 0 spiro atoms. The third kappa shape index (κ3) is 1.88. The summed E-state index contributed by atoms with van der Waals surface area (Å²) < 4.78 is 2.14. The first-order valence-electron chi connectivity index (χ1n) is 6.58. The van der Waals surface area contributed by atoms with E-state index in [0.29, 0.717) is 11.3 Å². The fourth-order valence-corrected chi connectivity index (χ4v) is 2.70. The number of nitrogen functional groups attached to an aromatic ring is 1. The fourth-order valence-electron chi connectivity index (χ4n) is 2.70. The maximum absolute atomic E-state index is 11.4. The Bertz CT molecular complexity index is 773. The van der Waals surface area contributed by atoms with Crippen LogP contribution in [-0.2, 0) is 6.54 Å². The molecule has 0 unspecified atom stereocenters. The third-order valence-corrected chi connectivity index (χ3v) is 3.73. The maximum atomic E-state index is 11.4. The monoisotopic (exact) mass is 264 g/mol. The molecule has 0 atom stereocenters. The zero-order valence-corrected chi connectivity index (χ0v) is 11.3. The molecule has 3 heteroatoms. The van der Waals surface area contributed by atoms with Gasteiger partial charge in [0.1, 0.15) is 0 Å². The molecule has 1 heterocycles. The predicted molar refractivity (Wildman–Crippen MR) is 82.0 cm³/mol. The molecule has 3 nitrogen and oxygen atoms in total. The van der Waals surface area contributed by atoms with Crippen molar-refractivity contribution in [2.24, 2.45) is 0 Å². The van der Waals surface area contributed by atoms with Crippen molar-refractivity contribution in [2.45, 2.75) is 13.5 Å². The second-order valence-corrected chi connectivity index (χ2v) is 4.93. The van der Waals surface area contributed by atoms with E-state index in [1.54, 1.807) is 0 Å². The Morgan fingerprint density at radius 1 is 1.10 bits per heavy atom. The molecule has 2 aromatic carbocycles. The van der Waals surface area contributed by atoms with Gasteiger partial charge >= 0.3 is 0 Å². The molecule has 100 valence electrons. The average Bonchev–Trinajstić information content (AvgIpc) is 2.74. The summed E-state index contributed by atoms with van der Waals surface area (Å²) >= 11 is 0. The van der Waals surface area contributed by atoms with Crippen LogP contribution in [0.4, 0.5) is 5.69 Å². The Labute approximate surface area is 117 Å². The van der Waals surface area contributed by atoms with E-state index in [1.807, 2.05) is 43.3 Å². The van der Waals surface area contributed by atoms with Gasteiger partial charge in [0, 0.05) is 28.9 Å². The average molecular weight is 264 g/mol. The van der Waals surface area contributed by atoms with Crippen LogP contribution in [0.15, 0.2) is 48.5 Å². The minimum absolute atomic E-state index is 0.652. The number of carbonyl (C=O) groups excluding carboxylic acids is 1. The molecule has 0 aliphatic heterocycles. The molecule has 0 fully saturated rings. The number of hydrogen-bond donors (Lipinski definition) is 1. The standard InChI is InChI=1S/C17H16N2O/c1-12-14(11-20)17-15(18)8-5-9-16(17)19(12)10-13-6-3-2-4-7-13/h2-9,11H,10,18H2,1H3. The summed E-state index contributed by atoms with van der Waals surface area (Å²) in [6, 6.07) is 16.0. The molecule has 0 amide bonds. The van der Waals surface area contributed by atoms with Crippen molar-refractivity contribution >= 4 is 22.9 Å². The number of rotatable bonds is 3. The molecule has 1 aromatic heterocycles. The number of carbonyl (C=O) groups is 1. The molecule has 0 aliphatic carbocycles. The van der Waals surface area contributed by atoms with E-state index in [0.717, 1.165) is 29.4 Å². The minimum Gasteiger partial charge on any atom is -0.398 e. The van der Waals surface area contributed by atoms with Gasteiger partial charge in [0.2, 0.25) is 0 Å². The molecule has 3 aromatic rings. The van der Waals surface area contributed by atoms with Crippen LogP contribution >= 0.6 is 0 Å². The summed E-state index contributed by atoms with van der Waals surface area (Å²) in [4.78, 5) is 11.4. The van der Waals surface area contributed by atoms with Gasteiger partial charge in [-0.25, -0.2) is 0 Å². The van der Waals surface area contributed by atoms with Crippen LogP contribution in [0, 0.1) is 6.92 Å². The number of aromatic nitrogens is 1. The predicted octanol–water partition coefficient (Wildman–Crippen LogP) is 3.39. The van der Waals surface area contributed by atoms with Crippen molar-refractivity contribution < 1.29 is 4.79 Å². The lowest BCUT2D eigenvalue weighted by atomic mass is 10.1. The van der Waals surface area contributed by atoms with E-state index in [9.17, 15) is 4.79 Å². The lowest BCUT2D eigenvalue weighted by Gasteiger charge is -2.08. The van der Waals surface area contributed by atoms with Gasteiger partial charge in [-0.2, -0.15) is 0 Å². The highest BCUT2D eigenvalue weighted by Gasteiger charge is 2.15. The first kappa shape index (κ1) is 12.5. The molecule has 0 saturated carbocycles. The number of fused-ring (bicyclic) bond motifs is 1. The number of aldehydes is 1. The van der Waals surface area contributed by atoms with Crippen LogP contribution in [0.5, 0.6) is 0 Å². The van der Waals surface area contributed by atoms with E-state index in [4.69, 9.17) is 5.73 Å². The van der Waals surface area contributed by atoms with Crippen molar-refractivity contribution in [3.8, 4) is 0 Å². The SMILES string of the molecule is Cc1c(C=O)c2c(N)cccc2n1Cc1ccccc1. The van der Waals surface area contributed by atoms with E-state index in [2.05, 4.69) is 16.7 Å². The lowest BCUT2D eigenvalue weighted by molar-refractivity contribution is 0.112. The van der Waals surface area contributed by atoms with E-state index in [-0.39, 0.29) is 0 Å². The largest absolute Gasteiger partial charge is 0.398 e. The van der Waals surface area contributed by atoms with Crippen molar-refractivity contribution in [3.05, 3.63) is 65.4 Å². The molecule has 0 aliphatic rings. The number of anilines is 1. The molecule has 0 bridgehead atoms. The second-order valence-electron chi connectivity index (χ2n) is 4.93. The zero-order valence-electron chi connectivity index (χ0n) is 11.3. The highest BCUT2D eigenvalue weighted by atomic mass is 16.1. The number of hydrogen-bond acceptors (Lipinski definition) is 2. The second kappa shape index (κ2) is 4.85. The molecule has 0 radical (unpaired) electrons. The van der Waals surface area contributed by atoms with Crippen molar-refractivity contribution in [2.75, 3.05) is 5.73 Å². The van der Waals surface area contributed by atoms with Gasteiger partial charge < -0.3 is 10.3 Å². The summed E-state index contributed by atoms with van der Waals surface area (Å²) in [5.41, 5.74) is 10.5. The lowest BCUT2D eigenvalue weighted by Crippen LogP contribution is -2.02. The van der Waals surface area contributed by atoms with Gasteiger partial charge in [-0.1, -0.05) is 36.4 Å². The summed E-state index contributed by atoms with van der Waals surface area (Å²) in [6.45, 7) is 2.70. The zero-order chi connectivity index (χ0) is 14.1. The number of nitrogens with zero attached hydrogens (tertiary/aromatic N) is 1. The van der Waals surface area contributed by atoms with Crippen LogP contribution in [0.25, 0.3) is 10.9 Å². The molecular formula is C17H16N2O. The Hall–Kier alpha value is -2.55. The number of nitrogens with two attached hydrogens (primary N) is 1. The first-order valence-corrected chi connectivity index (χ1v) is 6.58. The van der Waals surface area contributed by atoms with Crippen LogP contribution in [0.3, 0.4) is 0 Å². The smallest absolute Gasteiger partial charge is 0.152 e. The summed E-state index contributed by atoms with van der Waals surface area (Å²) in [6.07, 6.45) is 0.898. The molecule has 3 rings (SSSR count). The fraction of sp³-hybridized carbons (Fsp3) is 0.118. The molecular weight excluding hydrogens is 248 g/mol. The Morgan fingerprint density at radius 2 is 1.85 bits per heavy atom. The van der Waals surface area contributed by atoms with Gasteiger partial charge in [-0.3, -0.25) is 4.79 Å². The first-order chi connectivity index (χ1) is 9.72. The van der Waals surface area contributed by atoms with Crippen LogP contribution in [0.1, 0.15) is 21.6 Å². The van der Waals surface area contributed by atoms with Gasteiger partial charge in [0.05, 0.1) is 5.52 Å². The van der Waals surface area contributed by atoms with Gasteiger partial charge in [-0.15, -0.1) is 0 Å². The van der Waals surface area contributed by atoms with Gasteiger partial charge in [-0.05, 0) is 24.6 Å². The van der Waals surface area contributed by atoms with E-state index in [1.165, 1.54) is 5.56 Å². The van der Waals surface area contributed by atoms with Crippen molar-refractivity contribution in [1.82, 2.24) is 4.57 Å². The highest BCUT2D eigenvalue weighted by Crippen LogP contribution is 2.29. The quantitative estimate of drug-likeness (QED) is 0.582. The Morgan fingerprint density at radius 3 is 2.55 bits per heavy atom. The van der Waals surface area contributed by atoms with E-state index < -0.39 is 0 Å². The summed E-state index contributed by atoms with van der Waals surface area (Å²) in [5, 5.41) is 0.857. The molecule has 20 heavy (non-hydrogen) atoms. The third-order valence-electron chi connectivity index (χ3n) is 3.73. The maximum Gasteiger partial charge on any atom is 0.152 e. The van der Waals surface area contributed by atoms with Gasteiger partial charge in [0.25, 0.3) is 0 Å². The van der Waals surface area contributed by atoms with Crippen LogP contribution in [-0.4, -0.2) is 10.9 Å². The Balaban J connectivity index is 2.23. The highest BCUT2D eigenvalue weighted by molar-refractivity contribution is 6.05. The summed E-state index contributed by atoms with van der Waals surface area (Å²) in [7, 11) is 0. The van der Waals surface area contributed by atoms with Gasteiger partial charge in [0.15, 0.2) is 6.29 Å². The molecule has 2 N–H and O–H groups in total.